The fourth-order valence-electron chi connectivity index (χ4n) is 4.49. The predicted molar refractivity (Wildman–Crippen MR) is 121 cm³/mol. The van der Waals surface area contributed by atoms with Crippen LogP contribution in [0.5, 0.6) is 0 Å². The van der Waals surface area contributed by atoms with E-state index in [2.05, 4.69) is 91.5 Å². The summed E-state index contributed by atoms with van der Waals surface area (Å²) < 4.78 is 0. The largest absolute Gasteiger partial charge is 0.358 e. The van der Waals surface area contributed by atoms with Crippen LogP contribution in [0, 0.1) is 6.92 Å². The number of hydrogen-bond acceptors (Lipinski definition) is 1. The van der Waals surface area contributed by atoms with E-state index in [1.54, 1.807) is 0 Å². The van der Waals surface area contributed by atoms with E-state index in [4.69, 9.17) is 4.98 Å². The van der Waals surface area contributed by atoms with Crippen molar-refractivity contribution in [3.8, 4) is 11.4 Å². The zero-order valence-corrected chi connectivity index (χ0v) is 15.8. The molecule has 6 aromatic rings. The topological polar surface area (TPSA) is 44.5 Å². The van der Waals surface area contributed by atoms with Gasteiger partial charge in [-0.15, -0.1) is 0 Å². The van der Waals surface area contributed by atoms with E-state index in [0.717, 1.165) is 33.6 Å². The van der Waals surface area contributed by atoms with Gasteiger partial charge in [-0.05, 0) is 23.8 Å². The highest BCUT2D eigenvalue weighted by atomic mass is 14.9. The van der Waals surface area contributed by atoms with Crippen molar-refractivity contribution in [2.75, 3.05) is 0 Å². The Kier molecular flexibility index (Phi) is 3.04. The van der Waals surface area contributed by atoms with Crippen LogP contribution in [0.25, 0.3) is 54.9 Å². The molecule has 0 saturated heterocycles. The standard InChI is InChI=1S/C24H18BN3/c1-13-21(18-8-4-5-9-20(18)26-13)24-27-22-17-7-3-2-6-15(17)16-11-10-14(25)12-19(16)23(22)28-24/h2-12,26H,25H2,1H3,(H,27,28). The van der Waals surface area contributed by atoms with Crippen LogP contribution in [0.1, 0.15) is 5.69 Å². The molecule has 2 heterocycles. The van der Waals surface area contributed by atoms with Crippen LogP contribution in [0.3, 0.4) is 0 Å². The minimum atomic E-state index is 0.920. The summed E-state index contributed by atoms with van der Waals surface area (Å²) in [6, 6.07) is 23.6. The minimum Gasteiger partial charge on any atom is -0.358 e. The highest BCUT2D eigenvalue weighted by molar-refractivity contribution is 6.35. The molecule has 3 nitrogen and oxygen atoms in total. The number of imidazole rings is 1. The predicted octanol–water partition coefficient (Wildman–Crippen LogP) is 4.58. The van der Waals surface area contributed by atoms with Crippen molar-refractivity contribution in [1.82, 2.24) is 15.0 Å². The van der Waals surface area contributed by atoms with Gasteiger partial charge >= 0.3 is 0 Å². The van der Waals surface area contributed by atoms with Gasteiger partial charge in [0.2, 0.25) is 0 Å². The number of aromatic nitrogens is 3. The van der Waals surface area contributed by atoms with Gasteiger partial charge in [-0.1, -0.05) is 66.1 Å². The lowest BCUT2D eigenvalue weighted by molar-refractivity contribution is 1.26. The molecular formula is C24H18BN3. The van der Waals surface area contributed by atoms with Crippen LogP contribution in [0.15, 0.2) is 66.7 Å². The number of aromatic amines is 2. The normalized spacial score (nSPS) is 11.9. The summed E-state index contributed by atoms with van der Waals surface area (Å²) in [4.78, 5) is 12.3. The molecule has 6 rings (SSSR count). The number of fused-ring (bicyclic) bond motifs is 7. The second-order valence-corrected chi connectivity index (χ2v) is 7.57. The Morgan fingerprint density at radius 1 is 0.750 bits per heavy atom. The van der Waals surface area contributed by atoms with Gasteiger partial charge in [-0.25, -0.2) is 4.98 Å². The molecule has 0 fully saturated rings. The maximum atomic E-state index is 5.11. The van der Waals surface area contributed by atoms with Crippen molar-refractivity contribution in [1.29, 1.82) is 0 Å². The van der Waals surface area contributed by atoms with Crippen LogP contribution in [-0.2, 0) is 0 Å². The van der Waals surface area contributed by atoms with Crippen LogP contribution in [0.2, 0.25) is 0 Å². The monoisotopic (exact) mass is 359 g/mol. The highest BCUT2D eigenvalue weighted by Crippen LogP contribution is 2.37. The number of H-pyrrole nitrogens is 2. The van der Waals surface area contributed by atoms with E-state index in [1.165, 1.54) is 32.4 Å². The number of hydrogen-bond donors (Lipinski definition) is 2. The average Bonchev–Trinajstić information content (AvgIpc) is 3.28. The molecule has 0 aliphatic heterocycles. The molecule has 0 radical (unpaired) electrons. The summed E-state index contributed by atoms with van der Waals surface area (Å²) in [5, 5.41) is 6.13. The third-order valence-electron chi connectivity index (χ3n) is 5.75. The van der Waals surface area contributed by atoms with Gasteiger partial charge in [-0.3, -0.25) is 0 Å². The van der Waals surface area contributed by atoms with Crippen molar-refractivity contribution in [3.05, 3.63) is 72.4 Å². The molecule has 132 valence electrons. The second kappa shape index (κ2) is 5.49. The van der Waals surface area contributed by atoms with Gasteiger partial charge in [0.05, 0.1) is 11.0 Å². The summed E-state index contributed by atoms with van der Waals surface area (Å²) in [6.07, 6.45) is 0. The number of para-hydroxylation sites is 1. The van der Waals surface area contributed by atoms with Crippen molar-refractivity contribution in [2.45, 2.75) is 6.92 Å². The molecule has 0 amide bonds. The molecule has 0 saturated carbocycles. The SMILES string of the molecule is Bc1ccc2c3ccccc3c3[nH]c(-c4c(C)[nH]c5ccccc45)nc3c2c1. The Hall–Kier alpha value is -3.53. The summed E-state index contributed by atoms with van der Waals surface area (Å²) in [7, 11) is 2.14. The maximum absolute atomic E-state index is 5.11. The highest BCUT2D eigenvalue weighted by Gasteiger charge is 2.17. The summed E-state index contributed by atoms with van der Waals surface area (Å²) in [6.45, 7) is 2.11. The van der Waals surface area contributed by atoms with Gasteiger partial charge in [0.15, 0.2) is 0 Å². The smallest absolute Gasteiger partial charge is 0.140 e. The molecular weight excluding hydrogens is 341 g/mol. The maximum Gasteiger partial charge on any atom is 0.140 e. The van der Waals surface area contributed by atoms with Crippen molar-refractivity contribution in [3.63, 3.8) is 0 Å². The third kappa shape index (κ3) is 2.03. The Bertz CT molecular complexity index is 1540. The van der Waals surface area contributed by atoms with E-state index in [9.17, 15) is 0 Å². The van der Waals surface area contributed by atoms with Crippen molar-refractivity contribution >= 4 is 56.8 Å². The first kappa shape index (κ1) is 15.5. The first-order chi connectivity index (χ1) is 13.7. The lowest BCUT2D eigenvalue weighted by Gasteiger charge is -2.06. The molecule has 4 aromatic carbocycles. The fraction of sp³-hybridized carbons (Fsp3) is 0.0417. The van der Waals surface area contributed by atoms with Crippen LogP contribution < -0.4 is 5.46 Å². The molecule has 2 aromatic heterocycles. The molecule has 2 N–H and O–H groups in total. The first-order valence-corrected chi connectivity index (χ1v) is 9.59. The van der Waals surface area contributed by atoms with Gasteiger partial charge in [0.25, 0.3) is 0 Å². The zero-order chi connectivity index (χ0) is 18.8. The van der Waals surface area contributed by atoms with Gasteiger partial charge in [-0.2, -0.15) is 0 Å². The Morgan fingerprint density at radius 2 is 1.46 bits per heavy atom. The van der Waals surface area contributed by atoms with Crippen LogP contribution in [0.4, 0.5) is 0 Å². The van der Waals surface area contributed by atoms with Crippen molar-refractivity contribution < 1.29 is 0 Å². The van der Waals surface area contributed by atoms with E-state index in [1.807, 2.05) is 0 Å². The van der Waals surface area contributed by atoms with Crippen LogP contribution in [-0.4, -0.2) is 22.8 Å². The molecule has 0 unspecified atom stereocenters. The van der Waals surface area contributed by atoms with E-state index < -0.39 is 0 Å². The van der Waals surface area contributed by atoms with E-state index in [0.29, 0.717) is 0 Å². The molecule has 28 heavy (non-hydrogen) atoms. The fourth-order valence-corrected chi connectivity index (χ4v) is 4.49. The minimum absolute atomic E-state index is 0.920. The quantitative estimate of drug-likeness (QED) is 0.327. The molecule has 4 heteroatoms. The number of nitrogens with one attached hydrogen (secondary N) is 2. The Morgan fingerprint density at radius 3 is 2.32 bits per heavy atom. The molecule has 0 aliphatic carbocycles. The molecule has 0 atom stereocenters. The molecule has 0 bridgehead atoms. The van der Waals surface area contributed by atoms with Crippen LogP contribution >= 0.6 is 0 Å². The Balaban J connectivity index is 1.80. The lowest BCUT2D eigenvalue weighted by Crippen LogP contribution is -2.00. The number of aryl methyl sites for hydroxylation is 1. The summed E-state index contributed by atoms with van der Waals surface area (Å²) in [5.41, 5.74) is 6.81. The molecule has 0 aliphatic rings. The second-order valence-electron chi connectivity index (χ2n) is 7.57. The van der Waals surface area contributed by atoms with Crippen molar-refractivity contribution in [2.24, 2.45) is 0 Å². The summed E-state index contributed by atoms with van der Waals surface area (Å²) >= 11 is 0. The number of benzene rings is 4. The Labute approximate surface area is 162 Å². The van der Waals surface area contributed by atoms with Gasteiger partial charge in [0.1, 0.15) is 13.7 Å². The third-order valence-corrected chi connectivity index (χ3v) is 5.75. The molecule has 0 spiro atoms. The van der Waals surface area contributed by atoms with E-state index >= 15 is 0 Å². The van der Waals surface area contributed by atoms with Gasteiger partial charge < -0.3 is 9.97 Å². The zero-order valence-electron chi connectivity index (χ0n) is 15.8. The average molecular weight is 359 g/mol. The summed E-state index contributed by atoms with van der Waals surface area (Å²) in [5.74, 6) is 0.920. The van der Waals surface area contributed by atoms with E-state index in [-0.39, 0.29) is 0 Å². The van der Waals surface area contributed by atoms with Gasteiger partial charge in [0, 0.05) is 32.9 Å². The number of nitrogens with zero attached hydrogens (tertiary/aromatic N) is 1. The number of rotatable bonds is 1. The lowest BCUT2D eigenvalue weighted by atomic mass is 9.91. The first-order valence-electron chi connectivity index (χ1n) is 9.59.